The number of nitrogens with one attached hydrogen (secondary N) is 2. The molecule has 2 amide bonds. The zero-order valence-corrected chi connectivity index (χ0v) is 18.4. The molecule has 2 aliphatic rings. The molecule has 0 bridgehead atoms. The third-order valence-corrected chi connectivity index (χ3v) is 5.96. The smallest absolute Gasteiger partial charge is 0.327 e. The summed E-state index contributed by atoms with van der Waals surface area (Å²) in [4.78, 5) is 25.8. The highest BCUT2D eigenvalue weighted by molar-refractivity contribution is 6.03. The number of hydrogen-bond donors (Lipinski definition) is 2. The number of urea groups is 1. The molecule has 0 unspecified atom stereocenters. The van der Waals surface area contributed by atoms with Gasteiger partial charge in [-0.2, -0.15) is 4.98 Å². The van der Waals surface area contributed by atoms with Crippen LogP contribution in [0.3, 0.4) is 0 Å². The van der Waals surface area contributed by atoms with Gasteiger partial charge in [-0.1, -0.05) is 0 Å². The van der Waals surface area contributed by atoms with E-state index in [-0.39, 0.29) is 5.69 Å². The van der Waals surface area contributed by atoms with Crippen LogP contribution >= 0.6 is 0 Å². The number of rotatable bonds is 3. The molecule has 5 heterocycles. The number of aryl methyl sites for hydroxylation is 1. The Balaban J connectivity index is 1.45. The topological polar surface area (TPSA) is 87.0 Å². The van der Waals surface area contributed by atoms with Gasteiger partial charge in [-0.3, -0.25) is 4.90 Å². The van der Waals surface area contributed by atoms with Crippen LogP contribution in [0.4, 0.5) is 26.4 Å². The Hall–Kier alpha value is -3.40. The van der Waals surface area contributed by atoms with Crippen molar-refractivity contribution in [1.29, 1.82) is 0 Å². The Morgan fingerprint density at radius 1 is 1.28 bits per heavy atom. The standard InChI is InChI=1S/C22H26FN7O2/c1-13-10-28(7-5-24-13)18-9-20(32-3)27-21-15(18)4-6-30(21)22(31)26-17-12-29-11-14(2)25-19(29)8-16(17)23/h8-9,11-13,24H,4-7,10H2,1-3H3,(H,26,31)/t13-/m0/s1. The summed E-state index contributed by atoms with van der Waals surface area (Å²) in [6, 6.07) is 3.18. The van der Waals surface area contributed by atoms with Gasteiger partial charge in [-0.15, -0.1) is 0 Å². The molecule has 3 aromatic heterocycles. The maximum absolute atomic E-state index is 14.6. The van der Waals surface area contributed by atoms with Gasteiger partial charge in [0.15, 0.2) is 5.82 Å². The lowest BCUT2D eigenvalue weighted by molar-refractivity contribution is 0.257. The first kappa shape index (κ1) is 20.5. The van der Waals surface area contributed by atoms with Crippen LogP contribution in [0.15, 0.2) is 24.5 Å². The van der Waals surface area contributed by atoms with E-state index < -0.39 is 11.8 Å². The minimum absolute atomic E-state index is 0.0902. The molecule has 32 heavy (non-hydrogen) atoms. The number of ether oxygens (including phenoxy) is 1. The average molecular weight is 439 g/mol. The lowest BCUT2D eigenvalue weighted by Gasteiger charge is -2.34. The summed E-state index contributed by atoms with van der Waals surface area (Å²) in [6.45, 7) is 7.06. The third kappa shape index (κ3) is 3.60. The number of aromatic nitrogens is 3. The maximum atomic E-state index is 14.6. The first-order valence-electron chi connectivity index (χ1n) is 10.7. The largest absolute Gasteiger partial charge is 0.481 e. The Morgan fingerprint density at radius 2 is 2.12 bits per heavy atom. The van der Waals surface area contributed by atoms with E-state index in [1.165, 1.54) is 12.3 Å². The van der Waals surface area contributed by atoms with Gasteiger partial charge in [0.05, 0.1) is 18.5 Å². The molecule has 2 aliphatic heterocycles. The Bertz CT molecular complexity index is 1190. The van der Waals surface area contributed by atoms with E-state index in [0.717, 1.165) is 36.6 Å². The number of imidazole rings is 1. The lowest BCUT2D eigenvalue weighted by atomic mass is 10.1. The number of nitrogens with zero attached hydrogens (tertiary/aromatic N) is 5. The van der Waals surface area contributed by atoms with Gasteiger partial charge >= 0.3 is 6.03 Å². The summed E-state index contributed by atoms with van der Waals surface area (Å²) in [5.74, 6) is 0.471. The van der Waals surface area contributed by atoms with Gasteiger partial charge in [0.1, 0.15) is 11.5 Å². The van der Waals surface area contributed by atoms with E-state index in [9.17, 15) is 9.18 Å². The molecule has 3 aromatic rings. The van der Waals surface area contributed by atoms with Crippen LogP contribution in [-0.4, -0.2) is 59.7 Å². The average Bonchev–Trinajstić information content (AvgIpc) is 3.35. The lowest BCUT2D eigenvalue weighted by Crippen LogP contribution is -2.49. The fourth-order valence-corrected chi connectivity index (χ4v) is 4.46. The summed E-state index contributed by atoms with van der Waals surface area (Å²) < 4.78 is 21.7. The van der Waals surface area contributed by atoms with Crippen molar-refractivity contribution in [2.75, 3.05) is 48.4 Å². The predicted octanol–water partition coefficient (Wildman–Crippen LogP) is 2.58. The molecule has 0 aliphatic carbocycles. The van der Waals surface area contributed by atoms with E-state index in [1.807, 2.05) is 13.0 Å². The summed E-state index contributed by atoms with van der Waals surface area (Å²) in [5.41, 5.74) is 3.40. The molecule has 2 N–H and O–H groups in total. The number of halogens is 1. The summed E-state index contributed by atoms with van der Waals surface area (Å²) in [7, 11) is 1.57. The number of carbonyl (C=O) groups is 1. The molecule has 1 fully saturated rings. The second-order valence-electron chi connectivity index (χ2n) is 8.30. The summed E-state index contributed by atoms with van der Waals surface area (Å²) in [5, 5.41) is 6.14. The zero-order valence-electron chi connectivity index (χ0n) is 18.4. The van der Waals surface area contributed by atoms with Crippen molar-refractivity contribution in [3.05, 3.63) is 41.6 Å². The van der Waals surface area contributed by atoms with Crippen molar-refractivity contribution in [3.8, 4) is 5.88 Å². The highest BCUT2D eigenvalue weighted by Gasteiger charge is 2.32. The van der Waals surface area contributed by atoms with Crippen LogP contribution in [0, 0.1) is 12.7 Å². The minimum Gasteiger partial charge on any atom is -0.481 e. The van der Waals surface area contributed by atoms with Crippen LogP contribution in [0.1, 0.15) is 18.2 Å². The van der Waals surface area contributed by atoms with Crippen molar-refractivity contribution in [3.63, 3.8) is 0 Å². The molecule has 0 radical (unpaired) electrons. The molecule has 168 valence electrons. The quantitative estimate of drug-likeness (QED) is 0.652. The number of anilines is 3. The number of carbonyl (C=O) groups excluding carboxylic acids is 1. The normalized spacial score (nSPS) is 18.2. The minimum atomic E-state index is -0.537. The SMILES string of the molecule is COc1cc(N2CCN[C@@H](C)C2)c2c(n1)N(C(=O)Nc1cn3cc(C)nc3cc1F)CC2. The number of pyridine rings is 2. The molecule has 5 rings (SSSR count). The molecular formula is C22H26FN7O2. The molecule has 1 atom stereocenters. The van der Waals surface area contributed by atoms with E-state index >= 15 is 0 Å². The van der Waals surface area contributed by atoms with Crippen LogP contribution in [0.2, 0.25) is 0 Å². The molecule has 0 aromatic carbocycles. The van der Waals surface area contributed by atoms with Gasteiger partial charge in [0.25, 0.3) is 0 Å². The highest BCUT2D eigenvalue weighted by atomic mass is 19.1. The van der Waals surface area contributed by atoms with Crippen LogP contribution in [0.5, 0.6) is 5.88 Å². The van der Waals surface area contributed by atoms with Crippen molar-refractivity contribution >= 4 is 28.9 Å². The molecule has 1 saturated heterocycles. The van der Waals surface area contributed by atoms with Crippen LogP contribution < -0.4 is 25.2 Å². The first-order valence-corrected chi connectivity index (χ1v) is 10.7. The maximum Gasteiger partial charge on any atom is 0.327 e. The third-order valence-electron chi connectivity index (χ3n) is 5.96. The van der Waals surface area contributed by atoms with Crippen LogP contribution in [-0.2, 0) is 6.42 Å². The van der Waals surface area contributed by atoms with Gasteiger partial charge in [0.2, 0.25) is 5.88 Å². The molecular weight excluding hydrogens is 413 g/mol. The fraction of sp³-hybridized carbons (Fsp3) is 0.409. The first-order chi connectivity index (χ1) is 15.4. The van der Waals surface area contributed by atoms with Crippen molar-refractivity contribution in [2.45, 2.75) is 26.3 Å². The van der Waals surface area contributed by atoms with E-state index in [4.69, 9.17) is 4.74 Å². The van der Waals surface area contributed by atoms with Gasteiger partial charge in [-0.25, -0.2) is 14.2 Å². The van der Waals surface area contributed by atoms with Gasteiger partial charge in [-0.05, 0) is 20.3 Å². The molecule has 9 nitrogen and oxygen atoms in total. The zero-order chi connectivity index (χ0) is 22.4. The highest BCUT2D eigenvalue weighted by Crippen LogP contribution is 2.37. The Labute approximate surface area is 185 Å². The van der Waals surface area contributed by atoms with Crippen LogP contribution in [0.25, 0.3) is 5.65 Å². The second kappa shape index (κ2) is 7.94. The molecule has 0 spiro atoms. The van der Waals surface area contributed by atoms with Gasteiger partial charge in [0, 0.05) is 68.0 Å². The second-order valence-corrected chi connectivity index (χ2v) is 8.30. The number of fused-ring (bicyclic) bond motifs is 2. The summed E-state index contributed by atoms with van der Waals surface area (Å²) >= 11 is 0. The van der Waals surface area contributed by atoms with E-state index in [1.54, 1.807) is 22.6 Å². The fourth-order valence-electron chi connectivity index (χ4n) is 4.46. The monoisotopic (exact) mass is 439 g/mol. The van der Waals surface area contributed by atoms with Crippen molar-refractivity contribution in [1.82, 2.24) is 19.7 Å². The van der Waals surface area contributed by atoms with Crippen molar-refractivity contribution < 1.29 is 13.9 Å². The predicted molar refractivity (Wildman–Crippen MR) is 120 cm³/mol. The Morgan fingerprint density at radius 3 is 2.91 bits per heavy atom. The Kier molecular flexibility index (Phi) is 5.09. The number of hydrogen-bond acceptors (Lipinski definition) is 6. The number of piperazine rings is 1. The van der Waals surface area contributed by atoms with E-state index in [2.05, 4.69) is 32.4 Å². The molecule has 10 heteroatoms. The molecule has 0 saturated carbocycles. The van der Waals surface area contributed by atoms with E-state index in [0.29, 0.717) is 36.4 Å². The number of methoxy groups -OCH3 is 1. The number of amides is 2. The van der Waals surface area contributed by atoms with Gasteiger partial charge < -0.3 is 24.7 Å². The van der Waals surface area contributed by atoms with Crippen molar-refractivity contribution in [2.24, 2.45) is 0 Å². The summed E-state index contributed by atoms with van der Waals surface area (Å²) in [6.07, 6.45) is 3.99.